The summed E-state index contributed by atoms with van der Waals surface area (Å²) in [7, 11) is 0. The van der Waals surface area contributed by atoms with Gasteiger partial charge in [-0.05, 0) is 0 Å². The number of hydrogen-bond acceptors (Lipinski definition) is 3. The van der Waals surface area contributed by atoms with E-state index in [0.29, 0.717) is 0 Å². The fraction of sp³-hybridized carbons (Fsp3) is 0.250. The number of hydrogen-bond donors (Lipinski definition) is 2. The standard InChI is InChI=1S/C8H7ClF2N2O2/c9-1-3-4(12)2-13-6(8(14)15)5(3)7(10)11/h2,7H,1,12H2,(H,14,15). The van der Waals surface area contributed by atoms with Crippen molar-refractivity contribution in [1.29, 1.82) is 0 Å². The Labute approximate surface area is 88.7 Å². The Bertz CT molecular complexity index is 398. The van der Waals surface area contributed by atoms with Gasteiger partial charge in [0.1, 0.15) is 0 Å². The van der Waals surface area contributed by atoms with Crippen molar-refractivity contribution in [3.63, 3.8) is 0 Å². The van der Waals surface area contributed by atoms with E-state index >= 15 is 0 Å². The lowest BCUT2D eigenvalue weighted by Crippen LogP contribution is -2.11. The topological polar surface area (TPSA) is 76.2 Å². The molecule has 0 bridgehead atoms. The van der Waals surface area contributed by atoms with E-state index in [9.17, 15) is 13.6 Å². The molecule has 0 saturated carbocycles. The molecule has 0 aliphatic heterocycles. The number of alkyl halides is 3. The Balaban J connectivity index is 3.49. The number of halogens is 3. The van der Waals surface area contributed by atoms with Gasteiger partial charge in [-0.2, -0.15) is 0 Å². The van der Waals surface area contributed by atoms with Crippen molar-refractivity contribution >= 4 is 23.3 Å². The van der Waals surface area contributed by atoms with E-state index in [1.54, 1.807) is 0 Å². The quantitative estimate of drug-likeness (QED) is 0.788. The summed E-state index contributed by atoms with van der Waals surface area (Å²) in [5.41, 5.74) is 3.82. The van der Waals surface area contributed by atoms with Crippen LogP contribution in [0.5, 0.6) is 0 Å². The molecular formula is C8H7ClF2N2O2. The van der Waals surface area contributed by atoms with Gasteiger partial charge in [-0.3, -0.25) is 0 Å². The highest BCUT2D eigenvalue weighted by Crippen LogP contribution is 2.30. The third-order valence-electron chi connectivity index (χ3n) is 1.82. The Hall–Kier alpha value is -1.43. The van der Waals surface area contributed by atoms with E-state index < -0.39 is 23.7 Å². The third kappa shape index (κ3) is 2.15. The largest absolute Gasteiger partial charge is 0.476 e. The maximum Gasteiger partial charge on any atom is 0.355 e. The Morgan fingerprint density at radius 1 is 1.67 bits per heavy atom. The minimum Gasteiger partial charge on any atom is -0.476 e. The zero-order chi connectivity index (χ0) is 11.6. The highest BCUT2D eigenvalue weighted by Gasteiger charge is 2.24. The molecule has 1 aromatic rings. The number of nitrogen functional groups attached to an aromatic ring is 1. The molecule has 82 valence electrons. The maximum atomic E-state index is 12.6. The van der Waals surface area contributed by atoms with Crippen molar-refractivity contribution in [3.8, 4) is 0 Å². The smallest absolute Gasteiger partial charge is 0.355 e. The first-order chi connectivity index (χ1) is 6.99. The van der Waals surface area contributed by atoms with Crippen LogP contribution < -0.4 is 5.73 Å². The molecule has 0 aromatic carbocycles. The predicted molar refractivity (Wildman–Crippen MR) is 50.1 cm³/mol. The zero-order valence-corrected chi connectivity index (χ0v) is 8.13. The van der Waals surface area contributed by atoms with Crippen LogP contribution >= 0.6 is 11.6 Å². The van der Waals surface area contributed by atoms with Gasteiger partial charge < -0.3 is 10.8 Å². The number of pyridine rings is 1. The first kappa shape index (κ1) is 11.6. The summed E-state index contributed by atoms with van der Waals surface area (Å²) in [6.45, 7) is 0. The number of aromatic nitrogens is 1. The SMILES string of the molecule is Nc1cnc(C(=O)O)c(C(F)F)c1CCl. The lowest BCUT2D eigenvalue weighted by Gasteiger charge is -2.11. The normalized spacial score (nSPS) is 10.7. The summed E-state index contributed by atoms with van der Waals surface area (Å²) in [6, 6.07) is 0. The van der Waals surface area contributed by atoms with Gasteiger partial charge in [0.15, 0.2) is 5.69 Å². The molecule has 0 amide bonds. The zero-order valence-electron chi connectivity index (χ0n) is 7.38. The van der Waals surface area contributed by atoms with Gasteiger partial charge in [0, 0.05) is 5.56 Å². The van der Waals surface area contributed by atoms with Crippen molar-refractivity contribution in [2.24, 2.45) is 0 Å². The Morgan fingerprint density at radius 3 is 2.67 bits per heavy atom. The summed E-state index contributed by atoms with van der Waals surface area (Å²) in [5.74, 6) is -1.81. The van der Waals surface area contributed by atoms with Gasteiger partial charge in [-0.25, -0.2) is 18.6 Å². The third-order valence-corrected chi connectivity index (χ3v) is 2.08. The molecule has 1 heterocycles. The van der Waals surface area contributed by atoms with Crippen LogP contribution in [0.4, 0.5) is 14.5 Å². The van der Waals surface area contributed by atoms with Crippen LogP contribution in [0, 0.1) is 0 Å². The molecule has 0 aliphatic rings. The van der Waals surface area contributed by atoms with E-state index in [0.717, 1.165) is 6.20 Å². The Kier molecular flexibility index (Phi) is 3.41. The average Bonchev–Trinajstić information content (AvgIpc) is 2.16. The lowest BCUT2D eigenvalue weighted by atomic mass is 10.1. The molecule has 0 spiro atoms. The highest BCUT2D eigenvalue weighted by molar-refractivity contribution is 6.17. The molecule has 0 saturated heterocycles. The second-order valence-corrected chi connectivity index (χ2v) is 2.96. The molecular weight excluding hydrogens is 230 g/mol. The minimum absolute atomic E-state index is 0.0368. The van der Waals surface area contributed by atoms with Crippen LogP contribution in [0.3, 0.4) is 0 Å². The van der Waals surface area contributed by atoms with Crippen LogP contribution in [-0.2, 0) is 5.88 Å². The molecule has 0 fully saturated rings. The van der Waals surface area contributed by atoms with E-state index in [2.05, 4.69) is 4.98 Å². The van der Waals surface area contributed by atoms with Crippen molar-refractivity contribution < 1.29 is 18.7 Å². The first-order valence-electron chi connectivity index (χ1n) is 3.83. The van der Waals surface area contributed by atoms with E-state index in [4.69, 9.17) is 22.4 Å². The number of carboxylic acids is 1. The van der Waals surface area contributed by atoms with E-state index in [1.165, 1.54) is 0 Å². The number of nitrogens with zero attached hydrogens (tertiary/aromatic N) is 1. The van der Waals surface area contributed by atoms with Crippen LogP contribution in [-0.4, -0.2) is 16.1 Å². The van der Waals surface area contributed by atoms with Gasteiger partial charge in [0.05, 0.1) is 23.3 Å². The fourth-order valence-corrected chi connectivity index (χ4v) is 1.43. The average molecular weight is 237 g/mol. The van der Waals surface area contributed by atoms with Gasteiger partial charge in [0.2, 0.25) is 0 Å². The monoisotopic (exact) mass is 236 g/mol. The summed E-state index contributed by atoms with van der Waals surface area (Å²) in [5, 5.41) is 8.65. The lowest BCUT2D eigenvalue weighted by molar-refractivity contribution is 0.0676. The van der Waals surface area contributed by atoms with Crippen LogP contribution in [0.25, 0.3) is 0 Å². The summed E-state index contributed by atoms with van der Waals surface area (Å²) in [4.78, 5) is 14.0. The fourth-order valence-electron chi connectivity index (χ4n) is 1.13. The van der Waals surface area contributed by atoms with Crippen molar-refractivity contribution in [2.75, 3.05) is 5.73 Å². The summed E-state index contributed by atoms with van der Waals surface area (Å²) in [6.07, 6.45) is -1.96. The van der Waals surface area contributed by atoms with Crippen molar-refractivity contribution in [3.05, 3.63) is 23.0 Å². The summed E-state index contributed by atoms with van der Waals surface area (Å²) >= 11 is 5.42. The molecule has 0 atom stereocenters. The highest BCUT2D eigenvalue weighted by atomic mass is 35.5. The predicted octanol–water partition coefficient (Wildman–Crippen LogP) is 2.04. The minimum atomic E-state index is -2.97. The molecule has 1 aromatic heterocycles. The van der Waals surface area contributed by atoms with Crippen LogP contribution in [0.15, 0.2) is 6.20 Å². The molecule has 1 rings (SSSR count). The summed E-state index contributed by atoms with van der Waals surface area (Å²) < 4.78 is 25.2. The Morgan fingerprint density at radius 2 is 2.27 bits per heavy atom. The molecule has 0 unspecified atom stereocenters. The molecule has 15 heavy (non-hydrogen) atoms. The van der Waals surface area contributed by atoms with Gasteiger partial charge in [-0.15, -0.1) is 11.6 Å². The van der Waals surface area contributed by atoms with Crippen molar-refractivity contribution in [2.45, 2.75) is 12.3 Å². The number of nitrogens with two attached hydrogens (primary N) is 1. The molecule has 0 aliphatic carbocycles. The number of rotatable bonds is 3. The molecule has 4 nitrogen and oxygen atoms in total. The first-order valence-corrected chi connectivity index (χ1v) is 4.37. The van der Waals surface area contributed by atoms with E-state index in [1.807, 2.05) is 0 Å². The second kappa shape index (κ2) is 4.39. The van der Waals surface area contributed by atoms with Crippen LogP contribution in [0.2, 0.25) is 0 Å². The number of carboxylic acid groups (broad SMARTS) is 1. The molecule has 0 radical (unpaired) electrons. The number of carbonyl (C=O) groups is 1. The van der Waals surface area contributed by atoms with Gasteiger partial charge >= 0.3 is 5.97 Å². The molecule has 3 N–H and O–H groups in total. The number of aromatic carboxylic acids is 1. The van der Waals surface area contributed by atoms with Crippen molar-refractivity contribution in [1.82, 2.24) is 4.98 Å². The maximum absolute atomic E-state index is 12.6. The second-order valence-electron chi connectivity index (χ2n) is 2.69. The van der Waals surface area contributed by atoms with E-state index in [-0.39, 0.29) is 17.1 Å². The molecule has 7 heteroatoms. The van der Waals surface area contributed by atoms with Gasteiger partial charge in [-0.1, -0.05) is 0 Å². The van der Waals surface area contributed by atoms with Gasteiger partial charge in [0.25, 0.3) is 6.43 Å². The number of anilines is 1. The van der Waals surface area contributed by atoms with Crippen LogP contribution in [0.1, 0.15) is 28.0 Å².